The van der Waals surface area contributed by atoms with E-state index < -0.39 is 11.6 Å². The van der Waals surface area contributed by atoms with E-state index in [2.05, 4.69) is 10.3 Å². The third-order valence-electron chi connectivity index (χ3n) is 2.25. The Morgan fingerprint density at radius 1 is 1.41 bits per heavy atom. The highest BCUT2D eigenvalue weighted by Crippen LogP contribution is 2.21. The fraction of sp³-hybridized carbons (Fsp3) is 0.545. The summed E-state index contributed by atoms with van der Waals surface area (Å²) in [7, 11) is 1.59. The van der Waals surface area contributed by atoms with Gasteiger partial charge in [0.15, 0.2) is 23.3 Å². The molecule has 0 amide bonds. The van der Waals surface area contributed by atoms with Crippen molar-refractivity contribution < 1.29 is 13.9 Å². The quantitative estimate of drug-likeness (QED) is 0.799. The molecule has 0 spiro atoms. The summed E-state index contributed by atoms with van der Waals surface area (Å²) in [4.78, 5) is 5.32. The molecular formula is C11H17F2N3O. The largest absolute Gasteiger partial charge is 0.395 e. The highest BCUT2D eigenvalue weighted by atomic mass is 19.1. The number of anilines is 2. The zero-order valence-corrected chi connectivity index (χ0v) is 10.0. The average Bonchev–Trinajstić information content (AvgIpc) is 2.28. The van der Waals surface area contributed by atoms with Gasteiger partial charge in [-0.15, -0.1) is 0 Å². The van der Waals surface area contributed by atoms with Crippen molar-refractivity contribution in [2.75, 3.05) is 37.0 Å². The first kappa shape index (κ1) is 13.6. The van der Waals surface area contributed by atoms with Gasteiger partial charge in [0.2, 0.25) is 0 Å². The molecule has 4 nitrogen and oxygen atoms in total. The summed E-state index contributed by atoms with van der Waals surface area (Å²) < 4.78 is 26.8. The van der Waals surface area contributed by atoms with Gasteiger partial charge in [-0.1, -0.05) is 6.92 Å². The normalized spacial score (nSPS) is 10.4. The fourth-order valence-electron chi connectivity index (χ4n) is 1.35. The minimum atomic E-state index is -0.736. The molecule has 0 aliphatic heterocycles. The van der Waals surface area contributed by atoms with Crippen molar-refractivity contribution >= 4 is 11.6 Å². The lowest BCUT2D eigenvalue weighted by atomic mass is 10.3. The van der Waals surface area contributed by atoms with E-state index in [1.807, 2.05) is 6.92 Å². The summed E-state index contributed by atoms with van der Waals surface area (Å²) in [6.07, 6.45) is 0.820. The summed E-state index contributed by atoms with van der Waals surface area (Å²) in [6, 6.07) is 0.800. The predicted molar refractivity (Wildman–Crippen MR) is 63.3 cm³/mol. The van der Waals surface area contributed by atoms with Crippen molar-refractivity contribution in [2.24, 2.45) is 0 Å². The van der Waals surface area contributed by atoms with Crippen LogP contribution in [0.4, 0.5) is 20.4 Å². The average molecular weight is 245 g/mol. The zero-order chi connectivity index (χ0) is 12.8. The van der Waals surface area contributed by atoms with Crippen molar-refractivity contribution in [2.45, 2.75) is 13.3 Å². The molecule has 1 rings (SSSR count). The van der Waals surface area contributed by atoms with Gasteiger partial charge in [-0.3, -0.25) is 0 Å². The van der Waals surface area contributed by atoms with Gasteiger partial charge in [0.25, 0.3) is 0 Å². The molecule has 17 heavy (non-hydrogen) atoms. The molecule has 1 aromatic heterocycles. The minimum absolute atomic E-state index is 0.0269. The zero-order valence-electron chi connectivity index (χ0n) is 10.0. The van der Waals surface area contributed by atoms with Gasteiger partial charge in [-0.25, -0.2) is 13.8 Å². The number of halogens is 2. The van der Waals surface area contributed by atoms with E-state index in [0.717, 1.165) is 12.5 Å². The number of rotatable bonds is 6. The van der Waals surface area contributed by atoms with Crippen molar-refractivity contribution in [3.63, 3.8) is 0 Å². The molecule has 96 valence electrons. The summed E-state index contributed by atoms with van der Waals surface area (Å²) in [5.74, 6) is -1.38. The first-order chi connectivity index (χ1) is 8.10. The van der Waals surface area contributed by atoms with Crippen LogP contribution in [0.3, 0.4) is 0 Å². The van der Waals surface area contributed by atoms with Crippen molar-refractivity contribution in [1.82, 2.24) is 4.98 Å². The van der Waals surface area contributed by atoms with E-state index in [4.69, 9.17) is 5.11 Å². The van der Waals surface area contributed by atoms with Gasteiger partial charge >= 0.3 is 0 Å². The summed E-state index contributed by atoms with van der Waals surface area (Å²) in [5.41, 5.74) is 0. The smallest absolute Gasteiger partial charge is 0.168 e. The van der Waals surface area contributed by atoms with Crippen LogP contribution in [-0.2, 0) is 0 Å². The second kappa shape index (κ2) is 6.34. The van der Waals surface area contributed by atoms with E-state index in [-0.39, 0.29) is 24.8 Å². The molecule has 0 aliphatic carbocycles. The van der Waals surface area contributed by atoms with Crippen LogP contribution < -0.4 is 10.2 Å². The van der Waals surface area contributed by atoms with E-state index in [1.165, 1.54) is 4.90 Å². The number of pyridine rings is 1. The van der Waals surface area contributed by atoms with Crippen molar-refractivity contribution in [3.05, 3.63) is 17.7 Å². The third-order valence-corrected chi connectivity index (χ3v) is 2.25. The molecule has 0 bridgehead atoms. The number of nitrogens with zero attached hydrogens (tertiary/aromatic N) is 2. The van der Waals surface area contributed by atoms with E-state index in [9.17, 15) is 8.78 Å². The van der Waals surface area contributed by atoms with Gasteiger partial charge in [-0.2, -0.15) is 0 Å². The Kier molecular flexibility index (Phi) is 5.09. The molecule has 0 unspecified atom stereocenters. The van der Waals surface area contributed by atoms with Crippen LogP contribution in [0.5, 0.6) is 0 Å². The maximum absolute atomic E-state index is 13.5. The second-order valence-electron chi connectivity index (χ2n) is 3.70. The van der Waals surface area contributed by atoms with Crippen LogP contribution in [-0.4, -0.2) is 36.8 Å². The molecule has 0 radical (unpaired) electrons. The van der Waals surface area contributed by atoms with Crippen molar-refractivity contribution in [1.29, 1.82) is 0 Å². The highest BCUT2D eigenvalue weighted by molar-refractivity contribution is 5.48. The van der Waals surface area contributed by atoms with Crippen LogP contribution >= 0.6 is 0 Å². The van der Waals surface area contributed by atoms with Gasteiger partial charge in [0.05, 0.1) is 6.61 Å². The molecule has 0 atom stereocenters. The summed E-state index contributed by atoms with van der Waals surface area (Å²) in [6.45, 7) is 2.63. The predicted octanol–water partition coefficient (Wildman–Crippen LogP) is 1.61. The Hall–Kier alpha value is -1.43. The maximum atomic E-state index is 13.5. The van der Waals surface area contributed by atoms with Crippen LogP contribution in [0.25, 0.3) is 0 Å². The highest BCUT2D eigenvalue weighted by Gasteiger charge is 2.14. The Morgan fingerprint density at radius 3 is 2.71 bits per heavy atom. The molecule has 0 saturated carbocycles. The molecule has 1 aromatic rings. The molecule has 0 aromatic carbocycles. The number of likely N-dealkylation sites (N-methyl/N-ethyl adjacent to an activating group) is 1. The van der Waals surface area contributed by atoms with Gasteiger partial charge < -0.3 is 15.3 Å². The van der Waals surface area contributed by atoms with E-state index >= 15 is 0 Å². The van der Waals surface area contributed by atoms with Gasteiger partial charge in [0, 0.05) is 26.2 Å². The molecule has 1 heterocycles. The van der Waals surface area contributed by atoms with Gasteiger partial charge in [0.1, 0.15) is 0 Å². The second-order valence-corrected chi connectivity index (χ2v) is 3.70. The molecule has 0 fully saturated rings. The van der Waals surface area contributed by atoms with Crippen LogP contribution in [0, 0.1) is 11.6 Å². The van der Waals surface area contributed by atoms with Crippen molar-refractivity contribution in [3.8, 4) is 0 Å². The molecular weight excluding hydrogens is 228 g/mol. The Balaban J connectivity index is 2.96. The topological polar surface area (TPSA) is 48.4 Å². The Morgan fingerprint density at radius 2 is 2.12 bits per heavy atom. The van der Waals surface area contributed by atoms with E-state index in [1.54, 1.807) is 7.05 Å². The number of aliphatic hydroxyl groups is 1. The van der Waals surface area contributed by atoms with Gasteiger partial charge in [-0.05, 0) is 6.42 Å². The van der Waals surface area contributed by atoms with Crippen LogP contribution in [0.15, 0.2) is 6.07 Å². The lowest BCUT2D eigenvalue weighted by Gasteiger charge is -2.18. The lowest BCUT2D eigenvalue weighted by molar-refractivity contribution is 0.303. The number of hydrogen-bond donors (Lipinski definition) is 2. The minimum Gasteiger partial charge on any atom is -0.395 e. The SMILES string of the molecule is CCCNc1nc(N(C)CCO)c(F)cc1F. The standard InChI is InChI=1S/C11H17F2N3O/c1-3-4-14-10-8(12)7-9(13)11(15-10)16(2)5-6-17/h7,17H,3-6H2,1-2H3,(H,14,15). The fourth-order valence-corrected chi connectivity index (χ4v) is 1.35. The summed E-state index contributed by atoms with van der Waals surface area (Å²) in [5, 5.41) is 11.6. The lowest BCUT2D eigenvalue weighted by Crippen LogP contribution is -2.24. The number of aromatic nitrogens is 1. The number of nitrogens with one attached hydrogen (secondary N) is 1. The molecule has 0 saturated heterocycles. The first-order valence-electron chi connectivity index (χ1n) is 5.52. The number of aliphatic hydroxyl groups excluding tert-OH is 1. The third kappa shape index (κ3) is 3.52. The Labute approximate surface area is 99.3 Å². The Bertz CT molecular complexity index is 374. The molecule has 0 aliphatic rings. The first-order valence-corrected chi connectivity index (χ1v) is 5.52. The summed E-state index contributed by atoms with van der Waals surface area (Å²) >= 11 is 0. The number of hydrogen-bond acceptors (Lipinski definition) is 4. The van der Waals surface area contributed by atoms with Crippen LogP contribution in [0.2, 0.25) is 0 Å². The molecule has 6 heteroatoms. The molecule has 2 N–H and O–H groups in total. The van der Waals surface area contributed by atoms with Crippen LogP contribution in [0.1, 0.15) is 13.3 Å². The monoisotopic (exact) mass is 245 g/mol. The maximum Gasteiger partial charge on any atom is 0.168 e. The van der Waals surface area contributed by atoms with E-state index in [0.29, 0.717) is 6.54 Å².